The van der Waals surface area contributed by atoms with Crippen molar-refractivity contribution in [3.63, 3.8) is 0 Å². The molecule has 2 aliphatic rings. The zero-order valence-corrected chi connectivity index (χ0v) is 16.3. The van der Waals surface area contributed by atoms with E-state index in [-0.39, 0.29) is 12.5 Å². The topological polar surface area (TPSA) is 51.2 Å². The third-order valence-electron chi connectivity index (χ3n) is 4.96. The van der Waals surface area contributed by atoms with Gasteiger partial charge in [0.05, 0.1) is 0 Å². The SMILES string of the molecule is C=C(C)CNC(=NCC(=O)N(C)C)N1CCC(CN2CCCCC2)C1. The molecule has 2 saturated heterocycles. The van der Waals surface area contributed by atoms with E-state index in [0.717, 1.165) is 24.6 Å². The minimum Gasteiger partial charge on any atom is -0.353 e. The molecule has 0 aromatic carbocycles. The van der Waals surface area contributed by atoms with Crippen molar-refractivity contribution in [3.8, 4) is 0 Å². The van der Waals surface area contributed by atoms with E-state index in [2.05, 4.69) is 26.7 Å². The molecule has 0 bridgehead atoms. The minimum absolute atomic E-state index is 0.0266. The summed E-state index contributed by atoms with van der Waals surface area (Å²) in [7, 11) is 3.53. The molecule has 0 spiro atoms. The van der Waals surface area contributed by atoms with Crippen molar-refractivity contribution in [3.05, 3.63) is 12.2 Å². The molecule has 142 valence electrons. The smallest absolute Gasteiger partial charge is 0.243 e. The molecular formula is C19H35N5O. The fourth-order valence-corrected chi connectivity index (χ4v) is 3.46. The number of aliphatic imine (C=N–C) groups is 1. The summed E-state index contributed by atoms with van der Waals surface area (Å²) in [5, 5.41) is 3.37. The molecule has 25 heavy (non-hydrogen) atoms. The van der Waals surface area contributed by atoms with Gasteiger partial charge in [0.1, 0.15) is 6.54 Å². The summed E-state index contributed by atoms with van der Waals surface area (Å²) in [6, 6.07) is 0. The van der Waals surface area contributed by atoms with Crippen LogP contribution in [0.3, 0.4) is 0 Å². The normalized spacial score (nSPS) is 22.1. The molecule has 2 fully saturated rings. The molecule has 0 aromatic heterocycles. The molecule has 2 heterocycles. The Balaban J connectivity index is 1.90. The van der Waals surface area contributed by atoms with E-state index >= 15 is 0 Å². The number of carbonyl (C=O) groups excluding carboxylic acids is 1. The van der Waals surface area contributed by atoms with E-state index in [4.69, 9.17) is 0 Å². The fourth-order valence-electron chi connectivity index (χ4n) is 3.46. The van der Waals surface area contributed by atoms with Gasteiger partial charge in [-0.15, -0.1) is 0 Å². The summed E-state index contributed by atoms with van der Waals surface area (Å²) in [5.74, 6) is 1.57. The van der Waals surface area contributed by atoms with E-state index in [1.165, 1.54) is 45.3 Å². The Labute approximate surface area is 152 Å². The van der Waals surface area contributed by atoms with Gasteiger partial charge in [0.2, 0.25) is 5.91 Å². The van der Waals surface area contributed by atoms with Crippen LogP contribution >= 0.6 is 0 Å². The Morgan fingerprint density at radius 2 is 1.96 bits per heavy atom. The van der Waals surface area contributed by atoms with Crippen molar-refractivity contribution in [1.82, 2.24) is 20.0 Å². The number of piperidine rings is 1. The van der Waals surface area contributed by atoms with Gasteiger partial charge >= 0.3 is 0 Å². The molecular weight excluding hydrogens is 314 g/mol. The van der Waals surface area contributed by atoms with E-state index in [1.807, 2.05) is 6.92 Å². The zero-order chi connectivity index (χ0) is 18.2. The van der Waals surface area contributed by atoms with Gasteiger partial charge in [0.25, 0.3) is 0 Å². The maximum absolute atomic E-state index is 11.9. The average molecular weight is 350 g/mol. The van der Waals surface area contributed by atoms with Crippen LogP contribution in [-0.2, 0) is 4.79 Å². The first kappa shape index (κ1) is 19.8. The largest absolute Gasteiger partial charge is 0.353 e. The number of amides is 1. The van der Waals surface area contributed by atoms with Crippen LogP contribution in [0.1, 0.15) is 32.6 Å². The van der Waals surface area contributed by atoms with Crippen LogP contribution in [0.2, 0.25) is 0 Å². The highest BCUT2D eigenvalue weighted by Crippen LogP contribution is 2.20. The number of guanidine groups is 1. The second kappa shape index (κ2) is 9.80. The van der Waals surface area contributed by atoms with Crippen molar-refractivity contribution in [2.45, 2.75) is 32.6 Å². The van der Waals surface area contributed by atoms with Crippen LogP contribution in [0.15, 0.2) is 17.1 Å². The highest BCUT2D eigenvalue weighted by atomic mass is 16.2. The summed E-state index contributed by atoms with van der Waals surface area (Å²) < 4.78 is 0. The molecule has 2 rings (SSSR count). The minimum atomic E-state index is 0.0266. The predicted molar refractivity (Wildman–Crippen MR) is 104 cm³/mol. The average Bonchev–Trinajstić information content (AvgIpc) is 3.03. The number of nitrogens with zero attached hydrogens (tertiary/aromatic N) is 4. The fraction of sp³-hybridized carbons (Fsp3) is 0.789. The lowest BCUT2D eigenvalue weighted by Gasteiger charge is -2.29. The zero-order valence-electron chi connectivity index (χ0n) is 16.3. The first-order chi connectivity index (χ1) is 12.0. The molecule has 1 amide bonds. The van der Waals surface area contributed by atoms with Gasteiger partial charge < -0.3 is 20.0 Å². The van der Waals surface area contributed by atoms with E-state index < -0.39 is 0 Å². The number of likely N-dealkylation sites (tertiary alicyclic amines) is 2. The number of hydrogen-bond donors (Lipinski definition) is 1. The van der Waals surface area contributed by atoms with Crippen LogP contribution in [0, 0.1) is 5.92 Å². The second-order valence-corrected chi connectivity index (χ2v) is 7.70. The monoisotopic (exact) mass is 349 g/mol. The van der Waals surface area contributed by atoms with Gasteiger partial charge in [-0.25, -0.2) is 4.99 Å². The lowest BCUT2D eigenvalue weighted by molar-refractivity contribution is -0.127. The summed E-state index contributed by atoms with van der Waals surface area (Å²) in [6.45, 7) is 12.6. The third kappa shape index (κ3) is 6.69. The molecule has 1 unspecified atom stereocenters. The first-order valence-corrected chi connectivity index (χ1v) is 9.56. The lowest BCUT2D eigenvalue weighted by atomic mass is 10.1. The molecule has 2 aliphatic heterocycles. The van der Waals surface area contributed by atoms with E-state index in [1.54, 1.807) is 19.0 Å². The molecule has 6 heteroatoms. The van der Waals surface area contributed by atoms with Gasteiger partial charge in [-0.1, -0.05) is 18.6 Å². The van der Waals surface area contributed by atoms with Crippen LogP contribution in [0.4, 0.5) is 0 Å². The van der Waals surface area contributed by atoms with Crippen LogP contribution in [0.5, 0.6) is 0 Å². The van der Waals surface area contributed by atoms with Gasteiger partial charge in [-0.3, -0.25) is 4.79 Å². The summed E-state index contributed by atoms with van der Waals surface area (Å²) in [4.78, 5) is 23.0. The lowest BCUT2D eigenvalue weighted by Crippen LogP contribution is -2.42. The van der Waals surface area contributed by atoms with E-state index in [9.17, 15) is 4.79 Å². The predicted octanol–water partition coefficient (Wildman–Crippen LogP) is 1.40. The highest BCUT2D eigenvalue weighted by molar-refractivity contribution is 5.85. The van der Waals surface area contributed by atoms with Crippen LogP contribution < -0.4 is 5.32 Å². The van der Waals surface area contributed by atoms with Gasteiger partial charge in [-0.2, -0.15) is 0 Å². The number of carbonyl (C=O) groups is 1. The van der Waals surface area contributed by atoms with E-state index in [0.29, 0.717) is 12.5 Å². The summed E-state index contributed by atoms with van der Waals surface area (Å²) in [6.07, 6.45) is 5.27. The molecule has 0 radical (unpaired) electrons. The second-order valence-electron chi connectivity index (χ2n) is 7.70. The number of hydrogen-bond acceptors (Lipinski definition) is 3. The maximum Gasteiger partial charge on any atom is 0.243 e. The first-order valence-electron chi connectivity index (χ1n) is 9.56. The summed E-state index contributed by atoms with van der Waals surface area (Å²) in [5.41, 5.74) is 1.07. The molecule has 0 saturated carbocycles. The van der Waals surface area contributed by atoms with Gasteiger partial charge in [0.15, 0.2) is 5.96 Å². The molecule has 1 N–H and O–H groups in total. The van der Waals surface area contributed by atoms with Crippen molar-refractivity contribution >= 4 is 11.9 Å². The van der Waals surface area contributed by atoms with Crippen molar-refractivity contribution in [2.75, 3.05) is 59.9 Å². The van der Waals surface area contributed by atoms with Crippen molar-refractivity contribution in [1.29, 1.82) is 0 Å². The molecule has 6 nitrogen and oxygen atoms in total. The van der Waals surface area contributed by atoms with Crippen LogP contribution in [0.25, 0.3) is 0 Å². The van der Waals surface area contributed by atoms with Gasteiger partial charge in [-0.05, 0) is 45.2 Å². The standard InChI is InChI=1S/C19H35N5O/c1-16(2)12-20-19(21-13-18(25)22(3)4)24-11-8-17(15-24)14-23-9-6-5-7-10-23/h17H,1,5-15H2,2-4H3,(H,20,21). The number of nitrogens with one attached hydrogen (secondary N) is 1. The molecule has 1 atom stereocenters. The van der Waals surface area contributed by atoms with Crippen molar-refractivity contribution < 1.29 is 4.79 Å². The molecule has 0 aromatic rings. The Morgan fingerprint density at radius 1 is 1.24 bits per heavy atom. The van der Waals surface area contributed by atoms with Crippen LogP contribution in [-0.4, -0.2) is 86.5 Å². The Hall–Kier alpha value is -1.56. The highest BCUT2D eigenvalue weighted by Gasteiger charge is 2.27. The van der Waals surface area contributed by atoms with Crippen molar-refractivity contribution in [2.24, 2.45) is 10.9 Å². The Morgan fingerprint density at radius 3 is 2.60 bits per heavy atom. The number of likely N-dealkylation sites (N-methyl/N-ethyl adjacent to an activating group) is 1. The number of rotatable bonds is 6. The quantitative estimate of drug-likeness (QED) is 0.447. The molecule has 0 aliphatic carbocycles. The summed E-state index contributed by atoms with van der Waals surface area (Å²) >= 11 is 0. The third-order valence-corrected chi connectivity index (χ3v) is 4.96. The maximum atomic E-state index is 11.9. The van der Waals surface area contributed by atoms with Gasteiger partial charge in [0, 0.05) is 40.3 Å². The Bertz CT molecular complexity index is 482. The Kier molecular flexibility index (Phi) is 7.75.